The van der Waals surface area contributed by atoms with Gasteiger partial charge in [-0.1, -0.05) is 0 Å². The summed E-state index contributed by atoms with van der Waals surface area (Å²) in [6.07, 6.45) is 1.65. The van der Waals surface area contributed by atoms with Gasteiger partial charge in [-0.15, -0.1) is 10.2 Å². The van der Waals surface area contributed by atoms with Gasteiger partial charge in [-0.3, -0.25) is 0 Å². The number of nitrogens with zero attached hydrogens (tertiary/aromatic N) is 4. The van der Waals surface area contributed by atoms with Crippen LogP contribution in [0.15, 0.2) is 30.5 Å². The number of pyridine rings is 1. The van der Waals surface area contributed by atoms with E-state index in [9.17, 15) is 0 Å². The fourth-order valence-electron chi connectivity index (χ4n) is 2.12. The van der Waals surface area contributed by atoms with Gasteiger partial charge in [0.25, 0.3) is 0 Å². The van der Waals surface area contributed by atoms with E-state index >= 15 is 0 Å². The van der Waals surface area contributed by atoms with Gasteiger partial charge in [-0.05, 0) is 24.3 Å². The van der Waals surface area contributed by atoms with E-state index in [0.717, 1.165) is 0 Å². The van der Waals surface area contributed by atoms with Gasteiger partial charge in [0, 0.05) is 11.8 Å². The molecule has 0 aliphatic carbocycles. The van der Waals surface area contributed by atoms with Gasteiger partial charge in [0.15, 0.2) is 23.0 Å². The van der Waals surface area contributed by atoms with Crippen LogP contribution in [0.1, 0.15) is 0 Å². The van der Waals surface area contributed by atoms with Gasteiger partial charge in [-0.2, -0.15) is 0 Å². The third-order valence-corrected chi connectivity index (χ3v) is 3.15. The molecule has 0 aliphatic heterocycles. The molecular weight excluding hydrogens is 284 g/mol. The molecule has 3 rings (SSSR count). The summed E-state index contributed by atoms with van der Waals surface area (Å²) in [6, 6.07) is 7.19. The van der Waals surface area contributed by atoms with Crippen LogP contribution in [0.2, 0.25) is 0 Å². The Labute approximate surface area is 126 Å². The third kappa shape index (κ3) is 2.37. The first-order valence-electron chi connectivity index (χ1n) is 6.52. The number of aromatic nitrogens is 4. The lowest BCUT2D eigenvalue weighted by atomic mass is 10.1. The molecule has 0 aliphatic rings. The average molecular weight is 298 g/mol. The van der Waals surface area contributed by atoms with E-state index < -0.39 is 0 Å². The summed E-state index contributed by atoms with van der Waals surface area (Å²) in [7, 11) is 4.68. The molecule has 0 atom stereocenters. The van der Waals surface area contributed by atoms with Crippen LogP contribution in [0.5, 0.6) is 17.2 Å². The van der Waals surface area contributed by atoms with Crippen molar-refractivity contribution in [3.05, 3.63) is 30.5 Å². The molecule has 0 radical (unpaired) electrons. The summed E-state index contributed by atoms with van der Waals surface area (Å²) in [5, 5.41) is 8.18. The number of hydrogen-bond acceptors (Lipinski definition) is 7. The van der Waals surface area contributed by atoms with E-state index in [-0.39, 0.29) is 0 Å². The first-order chi connectivity index (χ1) is 10.8. The van der Waals surface area contributed by atoms with Crippen molar-refractivity contribution >= 4 is 11.2 Å². The first-order valence-corrected chi connectivity index (χ1v) is 6.52. The quantitative estimate of drug-likeness (QED) is 0.729. The molecule has 0 saturated heterocycles. The zero-order chi connectivity index (χ0) is 15.5. The van der Waals surface area contributed by atoms with E-state index in [4.69, 9.17) is 14.2 Å². The SMILES string of the molecule is COc1cc(-c2nnc3ncccc3n2)cc(OC)c1OC. The van der Waals surface area contributed by atoms with Crippen LogP contribution in [-0.2, 0) is 0 Å². The summed E-state index contributed by atoms with van der Waals surface area (Å²) in [5.74, 6) is 2.04. The smallest absolute Gasteiger partial charge is 0.203 e. The minimum atomic E-state index is 0.458. The minimum Gasteiger partial charge on any atom is -0.493 e. The molecule has 0 unspecified atom stereocenters. The summed E-state index contributed by atoms with van der Waals surface area (Å²) in [4.78, 5) is 8.57. The maximum atomic E-state index is 5.34. The van der Waals surface area contributed by atoms with Crippen LogP contribution < -0.4 is 14.2 Å². The second kappa shape index (κ2) is 5.80. The zero-order valence-electron chi connectivity index (χ0n) is 12.4. The molecule has 2 heterocycles. The van der Waals surface area contributed by atoms with Gasteiger partial charge >= 0.3 is 0 Å². The van der Waals surface area contributed by atoms with E-state index in [1.807, 2.05) is 6.07 Å². The molecule has 0 amide bonds. The fourth-order valence-corrected chi connectivity index (χ4v) is 2.12. The molecule has 0 fully saturated rings. The monoisotopic (exact) mass is 298 g/mol. The molecule has 22 heavy (non-hydrogen) atoms. The molecule has 0 saturated carbocycles. The summed E-state index contributed by atoms with van der Waals surface area (Å²) in [5.41, 5.74) is 1.88. The Morgan fingerprint density at radius 2 is 1.64 bits per heavy atom. The van der Waals surface area contributed by atoms with Crippen LogP contribution >= 0.6 is 0 Å². The largest absolute Gasteiger partial charge is 0.493 e. The minimum absolute atomic E-state index is 0.458. The Balaban J connectivity index is 2.17. The predicted molar refractivity (Wildman–Crippen MR) is 80.2 cm³/mol. The highest BCUT2D eigenvalue weighted by molar-refractivity contribution is 5.73. The molecule has 0 spiro atoms. The normalized spacial score (nSPS) is 10.5. The summed E-state index contributed by atoms with van der Waals surface area (Å²) >= 11 is 0. The van der Waals surface area contributed by atoms with Crippen molar-refractivity contribution in [2.45, 2.75) is 0 Å². The Hall–Kier alpha value is -2.96. The number of ether oxygens (including phenoxy) is 3. The van der Waals surface area contributed by atoms with E-state index in [1.165, 1.54) is 0 Å². The molecule has 3 aromatic rings. The molecule has 7 heteroatoms. The number of hydrogen-bond donors (Lipinski definition) is 0. The van der Waals surface area contributed by atoms with Crippen molar-refractivity contribution in [3.8, 4) is 28.6 Å². The highest BCUT2D eigenvalue weighted by atomic mass is 16.5. The predicted octanol–water partition coefficient (Wildman–Crippen LogP) is 2.11. The van der Waals surface area contributed by atoms with Crippen molar-refractivity contribution in [2.75, 3.05) is 21.3 Å². The lowest BCUT2D eigenvalue weighted by Crippen LogP contribution is -1.99. The highest BCUT2D eigenvalue weighted by Crippen LogP contribution is 2.40. The second-order valence-corrected chi connectivity index (χ2v) is 4.40. The lowest BCUT2D eigenvalue weighted by Gasteiger charge is -2.13. The Morgan fingerprint density at radius 1 is 0.909 bits per heavy atom. The van der Waals surface area contributed by atoms with Crippen LogP contribution in [0.4, 0.5) is 0 Å². The molecule has 7 nitrogen and oxygen atoms in total. The third-order valence-electron chi connectivity index (χ3n) is 3.15. The van der Waals surface area contributed by atoms with Gasteiger partial charge in [0.05, 0.1) is 21.3 Å². The Bertz CT molecular complexity index is 798. The topological polar surface area (TPSA) is 79.3 Å². The zero-order valence-corrected chi connectivity index (χ0v) is 12.4. The molecule has 0 bridgehead atoms. The van der Waals surface area contributed by atoms with Crippen LogP contribution in [0, 0.1) is 0 Å². The van der Waals surface area contributed by atoms with Gasteiger partial charge < -0.3 is 14.2 Å². The van der Waals surface area contributed by atoms with Gasteiger partial charge in [0.2, 0.25) is 5.75 Å². The molecule has 112 valence electrons. The van der Waals surface area contributed by atoms with E-state index in [0.29, 0.717) is 39.8 Å². The maximum absolute atomic E-state index is 5.34. The van der Waals surface area contributed by atoms with Gasteiger partial charge in [-0.25, -0.2) is 9.97 Å². The van der Waals surface area contributed by atoms with Crippen molar-refractivity contribution < 1.29 is 14.2 Å². The maximum Gasteiger partial charge on any atom is 0.203 e. The van der Waals surface area contributed by atoms with Crippen molar-refractivity contribution in [1.82, 2.24) is 20.2 Å². The van der Waals surface area contributed by atoms with E-state index in [2.05, 4.69) is 20.2 Å². The average Bonchev–Trinajstić information content (AvgIpc) is 2.59. The van der Waals surface area contributed by atoms with Crippen molar-refractivity contribution in [3.63, 3.8) is 0 Å². The Kier molecular flexibility index (Phi) is 3.69. The van der Waals surface area contributed by atoms with Crippen molar-refractivity contribution in [2.24, 2.45) is 0 Å². The number of methoxy groups -OCH3 is 3. The van der Waals surface area contributed by atoms with Crippen LogP contribution in [0.3, 0.4) is 0 Å². The molecule has 0 N–H and O–H groups in total. The summed E-state index contributed by atoms with van der Waals surface area (Å²) in [6.45, 7) is 0. The number of fused-ring (bicyclic) bond motifs is 1. The number of rotatable bonds is 4. The summed E-state index contributed by atoms with van der Waals surface area (Å²) < 4.78 is 16.0. The standard InChI is InChI=1S/C15H14N4O3/c1-20-11-7-9(8-12(21-2)13(11)22-3)14-17-10-5-4-6-16-15(10)19-18-14/h4-8H,1-3H3. The van der Waals surface area contributed by atoms with E-state index in [1.54, 1.807) is 45.7 Å². The molecule has 1 aromatic carbocycles. The molecule has 2 aromatic heterocycles. The van der Waals surface area contributed by atoms with Gasteiger partial charge in [0.1, 0.15) is 5.52 Å². The lowest BCUT2D eigenvalue weighted by molar-refractivity contribution is 0.324. The van der Waals surface area contributed by atoms with Crippen LogP contribution in [0.25, 0.3) is 22.6 Å². The van der Waals surface area contributed by atoms with Crippen LogP contribution in [-0.4, -0.2) is 41.5 Å². The molecular formula is C15H14N4O3. The van der Waals surface area contributed by atoms with Crippen molar-refractivity contribution in [1.29, 1.82) is 0 Å². The number of benzene rings is 1. The first kappa shape index (κ1) is 14.0. The Morgan fingerprint density at radius 3 is 2.27 bits per heavy atom. The highest BCUT2D eigenvalue weighted by Gasteiger charge is 2.16. The second-order valence-electron chi connectivity index (χ2n) is 4.40. The fraction of sp³-hybridized carbons (Fsp3) is 0.200.